The number of nitrogens with zero attached hydrogens (tertiary/aromatic N) is 1. The summed E-state index contributed by atoms with van der Waals surface area (Å²) in [6.07, 6.45) is 3.11. The minimum atomic E-state index is 0.689. The Bertz CT molecular complexity index is 604. The fraction of sp³-hybridized carbons (Fsp3) is 0.294. The van der Waals surface area contributed by atoms with Crippen molar-refractivity contribution in [2.45, 2.75) is 19.3 Å². The van der Waals surface area contributed by atoms with E-state index in [4.69, 9.17) is 11.6 Å². The Morgan fingerprint density at radius 1 is 0.905 bits per heavy atom. The first-order valence-electron chi connectivity index (χ1n) is 7.09. The van der Waals surface area contributed by atoms with Crippen LogP contribution in [0.3, 0.4) is 0 Å². The number of halogens is 3. The van der Waals surface area contributed by atoms with E-state index in [0.29, 0.717) is 5.88 Å². The first-order chi connectivity index (χ1) is 10.2. The van der Waals surface area contributed by atoms with Gasteiger partial charge in [-0.25, -0.2) is 0 Å². The van der Waals surface area contributed by atoms with E-state index in [-0.39, 0.29) is 0 Å². The van der Waals surface area contributed by atoms with Crippen LogP contribution < -0.4 is 4.90 Å². The quantitative estimate of drug-likeness (QED) is 0.535. The van der Waals surface area contributed by atoms with Gasteiger partial charge in [-0.15, -0.1) is 11.6 Å². The molecule has 21 heavy (non-hydrogen) atoms. The van der Waals surface area contributed by atoms with E-state index in [0.717, 1.165) is 34.8 Å². The number of rotatable bonds is 3. The first kappa shape index (κ1) is 15.4. The summed E-state index contributed by atoms with van der Waals surface area (Å²) in [7, 11) is 0. The molecular weight excluding hydrogens is 413 g/mol. The lowest BCUT2D eigenvalue weighted by Crippen LogP contribution is -2.20. The zero-order valence-electron chi connectivity index (χ0n) is 11.6. The Labute approximate surface area is 147 Å². The van der Waals surface area contributed by atoms with Gasteiger partial charge in [0.2, 0.25) is 0 Å². The third-order valence-corrected chi connectivity index (χ3v) is 5.10. The maximum Gasteiger partial charge on any atom is 0.0444 e. The number of alkyl halides is 1. The van der Waals surface area contributed by atoms with Crippen molar-refractivity contribution in [2.24, 2.45) is 0 Å². The van der Waals surface area contributed by atoms with Crippen LogP contribution in [0.25, 0.3) is 0 Å². The molecule has 0 aliphatic carbocycles. The van der Waals surface area contributed by atoms with Gasteiger partial charge in [0, 0.05) is 32.7 Å². The van der Waals surface area contributed by atoms with Crippen molar-refractivity contribution >= 4 is 54.8 Å². The SMILES string of the molecule is ClCCCN1c2ccc(Br)cc2CCc2cc(Br)ccc21. The van der Waals surface area contributed by atoms with Crippen LogP contribution in [-0.4, -0.2) is 12.4 Å². The van der Waals surface area contributed by atoms with Crippen LogP contribution >= 0.6 is 43.5 Å². The Kier molecular flexibility index (Phi) is 4.92. The van der Waals surface area contributed by atoms with Gasteiger partial charge in [-0.1, -0.05) is 31.9 Å². The van der Waals surface area contributed by atoms with Gasteiger partial charge in [-0.2, -0.15) is 0 Å². The molecule has 0 amide bonds. The highest BCUT2D eigenvalue weighted by atomic mass is 79.9. The van der Waals surface area contributed by atoms with Crippen molar-refractivity contribution < 1.29 is 0 Å². The largest absolute Gasteiger partial charge is 0.341 e. The second kappa shape index (κ2) is 6.72. The smallest absolute Gasteiger partial charge is 0.0444 e. The molecule has 0 saturated heterocycles. The number of fused-ring (bicyclic) bond motifs is 2. The Morgan fingerprint density at radius 3 is 1.90 bits per heavy atom. The average Bonchev–Trinajstić information content (AvgIpc) is 2.61. The standard InChI is InChI=1S/C17H16Br2ClN/c18-14-4-6-16-12(10-14)2-3-13-11-15(19)5-7-17(13)21(16)9-1-8-20/h4-7,10-11H,1-3,8-9H2. The lowest BCUT2D eigenvalue weighted by atomic mass is 10.0. The van der Waals surface area contributed by atoms with Crippen LogP contribution in [0.15, 0.2) is 45.3 Å². The van der Waals surface area contributed by atoms with Crippen LogP contribution in [0.2, 0.25) is 0 Å². The number of anilines is 2. The predicted molar refractivity (Wildman–Crippen MR) is 98.0 cm³/mol. The van der Waals surface area contributed by atoms with Gasteiger partial charge in [0.25, 0.3) is 0 Å². The molecule has 0 unspecified atom stereocenters. The van der Waals surface area contributed by atoms with Crippen molar-refractivity contribution in [3.63, 3.8) is 0 Å². The van der Waals surface area contributed by atoms with Gasteiger partial charge >= 0.3 is 0 Å². The van der Waals surface area contributed by atoms with Gasteiger partial charge in [0.05, 0.1) is 0 Å². The van der Waals surface area contributed by atoms with E-state index in [1.165, 1.54) is 22.5 Å². The second-order valence-electron chi connectivity index (χ2n) is 5.24. The molecule has 1 aliphatic heterocycles. The summed E-state index contributed by atoms with van der Waals surface area (Å²) in [5.74, 6) is 0.689. The molecule has 3 rings (SSSR count). The molecule has 0 bridgehead atoms. The first-order valence-corrected chi connectivity index (χ1v) is 9.21. The summed E-state index contributed by atoms with van der Waals surface area (Å²) in [6, 6.07) is 13.1. The summed E-state index contributed by atoms with van der Waals surface area (Å²) in [6.45, 7) is 0.951. The van der Waals surface area contributed by atoms with Crippen LogP contribution in [0.5, 0.6) is 0 Å². The van der Waals surface area contributed by atoms with Crippen molar-refractivity contribution in [3.8, 4) is 0 Å². The molecule has 0 aromatic heterocycles. The van der Waals surface area contributed by atoms with E-state index in [1.807, 2.05) is 0 Å². The molecule has 0 fully saturated rings. The van der Waals surface area contributed by atoms with Crippen LogP contribution in [0.4, 0.5) is 11.4 Å². The van der Waals surface area contributed by atoms with Gasteiger partial charge < -0.3 is 4.90 Å². The zero-order valence-corrected chi connectivity index (χ0v) is 15.5. The molecule has 0 radical (unpaired) electrons. The van der Waals surface area contributed by atoms with Crippen LogP contribution in [0, 0.1) is 0 Å². The maximum absolute atomic E-state index is 5.92. The fourth-order valence-corrected chi connectivity index (χ4v) is 3.83. The molecule has 2 aromatic rings. The predicted octanol–water partition coefficient (Wildman–Crippen LogP) is 6.08. The van der Waals surface area contributed by atoms with E-state index >= 15 is 0 Å². The second-order valence-corrected chi connectivity index (χ2v) is 7.45. The lowest BCUT2D eigenvalue weighted by Gasteiger charge is -2.27. The van der Waals surface area contributed by atoms with Crippen molar-refractivity contribution in [1.82, 2.24) is 0 Å². The molecule has 2 aromatic carbocycles. The third kappa shape index (κ3) is 3.30. The molecule has 0 atom stereocenters. The monoisotopic (exact) mass is 427 g/mol. The molecule has 1 nitrogen and oxygen atoms in total. The third-order valence-electron chi connectivity index (χ3n) is 3.84. The van der Waals surface area contributed by atoms with E-state index in [2.05, 4.69) is 73.2 Å². The highest BCUT2D eigenvalue weighted by Gasteiger charge is 2.20. The highest BCUT2D eigenvalue weighted by molar-refractivity contribution is 9.10. The summed E-state index contributed by atoms with van der Waals surface area (Å²) in [4.78, 5) is 2.42. The molecule has 0 spiro atoms. The summed E-state index contributed by atoms with van der Waals surface area (Å²) < 4.78 is 2.29. The van der Waals surface area contributed by atoms with Gasteiger partial charge in [0.15, 0.2) is 0 Å². The summed E-state index contributed by atoms with van der Waals surface area (Å²) in [5, 5.41) is 0. The topological polar surface area (TPSA) is 3.24 Å². The van der Waals surface area contributed by atoms with Crippen LogP contribution in [-0.2, 0) is 12.8 Å². The molecular formula is C17H16Br2ClN. The zero-order chi connectivity index (χ0) is 14.8. The molecule has 1 heterocycles. The number of aryl methyl sites for hydroxylation is 2. The Hall–Kier alpha value is -0.510. The number of hydrogen-bond donors (Lipinski definition) is 0. The van der Waals surface area contributed by atoms with Gasteiger partial charge in [-0.05, 0) is 66.8 Å². The number of benzene rings is 2. The minimum absolute atomic E-state index is 0.689. The number of hydrogen-bond acceptors (Lipinski definition) is 1. The fourth-order valence-electron chi connectivity index (χ4n) is 2.89. The molecule has 0 N–H and O–H groups in total. The summed E-state index contributed by atoms with van der Waals surface area (Å²) >= 11 is 13.1. The van der Waals surface area contributed by atoms with E-state index in [9.17, 15) is 0 Å². The highest BCUT2D eigenvalue weighted by Crippen LogP contribution is 2.38. The van der Waals surface area contributed by atoms with Crippen molar-refractivity contribution in [2.75, 3.05) is 17.3 Å². The van der Waals surface area contributed by atoms with Crippen LogP contribution in [0.1, 0.15) is 17.5 Å². The van der Waals surface area contributed by atoms with Gasteiger partial charge in [0.1, 0.15) is 0 Å². The van der Waals surface area contributed by atoms with E-state index in [1.54, 1.807) is 0 Å². The maximum atomic E-state index is 5.92. The van der Waals surface area contributed by atoms with Gasteiger partial charge in [-0.3, -0.25) is 0 Å². The van der Waals surface area contributed by atoms with E-state index < -0.39 is 0 Å². The molecule has 4 heteroatoms. The molecule has 1 aliphatic rings. The van der Waals surface area contributed by atoms with Crippen molar-refractivity contribution in [3.05, 3.63) is 56.5 Å². The Balaban J connectivity index is 2.10. The normalized spacial score (nSPS) is 13.6. The summed E-state index contributed by atoms with van der Waals surface area (Å²) in [5.41, 5.74) is 5.41. The van der Waals surface area contributed by atoms with Crippen molar-refractivity contribution in [1.29, 1.82) is 0 Å². The molecule has 110 valence electrons. The Morgan fingerprint density at radius 2 is 1.43 bits per heavy atom. The lowest BCUT2D eigenvalue weighted by molar-refractivity contribution is 0.888. The molecule has 0 saturated carbocycles. The average molecular weight is 430 g/mol. The minimum Gasteiger partial charge on any atom is -0.341 e.